The summed E-state index contributed by atoms with van der Waals surface area (Å²) in [5.74, 6) is -1.64. The second-order valence-electron chi connectivity index (χ2n) is 5.81. The van der Waals surface area contributed by atoms with Gasteiger partial charge in [-0.2, -0.15) is 0 Å². The molecular formula is C19H17ClN4O3. The number of nitrogens with zero attached hydrogens (tertiary/aromatic N) is 1. The lowest BCUT2D eigenvalue weighted by atomic mass is 10.0. The number of fused-ring (bicyclic) bond motifs is 1. The average Bonchev–Trinajstić information content (AvgIpc) is 3.09. The lowest BCUT2D eigenvalue weighted by Gasteiger charge is -2.16. The SMILES string of the molecule is CCNC(=O)C(NC(=O)c1cc2cc(Cl)ncc2[nH]1)C(=O)c1ccccc1. The topological polar surface area (TPSA) is 104 Å². The van der Waals surface area contributed by atoms with Gasteiger partial charge in [-0.1, -0.05) is 41.9 Å². The summed E-state index contributed by atoms with van der Waals surface area (Å²) in [5.41, 5.74) is 1.15. The molecule has 138 valence electrons. The van der Waals surface area contributed by atoms with E-state index in [0.29, 0.717) is 28.2 Å². The van der Waals surface area contributed by atoms with Crippen molar-refractivity contribution < 1.29 is 14.4 Å². The zero-order valence-corrected chi connectivity index (χ0v) is 15.2. The van der Waals surface area contributed by atoms with Crippen LogP contribution in [0.5, 0.6) is 0 Å². The first-order valence-corrected chi connectivity index (χ1v) is 8.69. The third-order valence-corrected chi connectivity index (χ3v) is 4.13. The number of amides is 2. The minimum Gasteiger partial charge on any atom is -0.354 e. The molecule has 8 heteroatoms. The highest BCUT2D eigenvalue weighted by atomic mass is 35.5. The Labute approximate surface area is 160 Å². The van der Waals surface area contributed by atoms with Crippen LogP contribution in [0.3, 0.4) is 0 Å². The molecule has 0 saturated heterocycles. The number of carbonyl (C=O) groups is 3. The Morgan fingerprint density at radius 3 is 2.63 bits per heavy atom. The van der Waals surface area contributed by atoms with Crippen LogP contribution in [-0.2, 0) is 4.79 Å². The van der Waals surface area contributed by atoms with Crippen molar-refractivity contribution in [3.8, 4) is 0 Å². The fraction of sp³-hybridized carbons (Fsp3) is 0.158. The zero-order valence-electron chi connectivity index (χ0n) is 14.5. The Kier molecular flexibility index (Phi) is 5.52. The van der Waals surface area contributed by atoms with Crippen LogP contribution in [0.1, 0.15) is 27.8 Å². The van der Waals surface area contributed by atoms with E-state index in [1.54, 1.807) is 49.4 Å². The Hall–Kier alpha value is -3.19. The number of aromatic amines is 1. The minimum absolute atomic E-state index is 0.198. The van der Waals surface area contributed by atoms with E-state index in [0.717, 1.165) is 0 Å². The molecule has 0 saturated carbocycles. The maximum absolute atomic E-state index is 12.7. The molecule has 0 aliphatic heterocycles. The van der Waals surface area contributed by atoms with E-state index in [1.807, 2.05) is 0 Å². The van der Waals surface area contributed by atoms with Crippen LogP contribution in [0, 0.1) is 0 Å². The number of rotatable bonds is 6. The molecule has 27 heavy (non-hydrogen) atoms. The van der Waals surface area contributed by atoms with Crippen molar-refractivity contribution in [2.75, 3.05) is 6.54 Å². The molecule has 7 nitrogen and oxygen atoms in total. The number of Topliss-reactive ketones (excluding diaryl/α,β-unsaturated/α-hetero) is 1. The number of benzene rings is 1. The summed E-state index contributed by atoms with van der Waals surface area (Å²) >= 11 is 5.85. The van der Waals surface area contributed by atoms with Gasteiger partial charge in [0.1, 0.15) is 10.8 Å². The van der Waals surface area contributed by atoms with E-state index >= 15 is 0 Å². The monoisotopic (exact) mass is 384 g/mol. The quantitative estimate of drug-likeness (QED) is 0.344. The van der Waals surface area contributed by atoms with Crippen molar-refractivity contribution in [3.05, 3.63) is 65.1 Å². The highest BCUT2D eigenvalue weighted by molar-refractivity contribution is 6.30. The lowest BCUT2D eigenvalue weighted by molar-refractivity contribution is -0.121. The summed E-state index contributed by atoms with van der Waals surface area (Å²) in [6.07, 6.45) is 1.50. The summed E-state index contributed by atoms with van der Waals surface area (Å²) in [4.78, 5) is 44.6. The largest absolute Gasteiger partial charge is 0.354 e. The molecule has 2 amide bonds. The molecule has 1 aromatic carbocycles. The van der Waals surface area contributed by atoms with Crippen molar-refractivity contribution in [2.45, 2.75) is 13.0 Å². The van der Waals surface area contributed by atoms with Crippen molar-refractivity contribution in [2.24, 2.45) is 0 Å². The number of likely N-dealkylation sites (N-methyl/N-ethyl adjacent to an activating group) is 1. The second-order valence-corrected chi connectivity index (χ2v) is 6.20. The van der Waals surface area contributed by atoms with Crippen LogP contribution in [0.4, 0.5) is 0 Å². The van der Waals surface area contributed by atoms with Gasteiger partial charge in [0, 0.05) is 17.5 Å². The summed E-state index contributed by atoms with van der Waals surface area (Å²) in [7, 11) is 0. The predicted molar refractivity (Wildman–Crippen MR) is 102 cm³/mol. The van der Waals surface area contributed by atoms with E-state index in [9.17, 15) is 14.4 Å². The van der Waals surface area contributed by atoms with Gasteiger partial charge in [-0.05, 0) is 19.1 Å². The molecule has 3 rings (SSSR count). The van der Waals surface area contributed by atoms with Crippen LogP contribution in [0.15, 0.2) is 48.7 Å². The van der Waals surface area contributed by atoms with Gasteiger partial charge in [0.25, 0.3) is 11.8 Å². The van der Waals surface area contributed by atoms with E-state index in [4.69, 9.17) is 11.6 Å². The van der Waals surface area contributed by atoms with Crippen LogP contribution in [-0.4, -0.2) is 40.2 Å². The van der Waals surface area contributed by atoms with Gasteiger partial charge in [0.15, 0.2) is 11.8 Å². The molecule has 0 aliphatic carbocycles. The van der Waals surface area contributed by atoms with E-state index in [-0.39, 0.29) is 5.69 Å². The fourth-order valence-corrected chi connectivity index (χ4v) is 2.80. The van der Waals surface area contributed by atoms with Gasteiger partial charge in [-0.15, -0.1) is 0 Å². The Balaban J connectivity index is 1.87. The number of H-pyrrole nitrogens is 1. The smallest absolute Gasteiger partial charge is 0.268 e. The fourth-order valence-electron chi connectivity index (χ4n) is 2.63. The van der Waals surface area contributed by atoms with Gasteiger partial charge >= 0.3 is 0 Å². The molecule has 0 fully saturated rings. The average molecular weight is 385 g/mol. The van der Waals surface area contributed by atoms with Gasteiger partial charge in [-0.3, -0.25) is 14.4 Å². The number of pyridine rings is 1. The standard InChI is InChI=1S/C19H17ClN4O3/c1-2-21-19(27)16(17(25)11-6-4-3-5-7-11)24-18(26)13-8-12-9-15(20)22-10-14(12)23-13/h3-10,16,23H,2H2,1H3,(H,21,27)(H,24,26). The number of ketones is 1. The summed E-state index contributed by atoms with van der Waals surface area (Å²) < 4.78 is 0. The van der Waals surface area contributed by atoms with Crippen LogP contribution >= 0.6 is 11.6 Å². The molecule has 0 spiro atoms. The van der Waals surface area contributed by atoms with Crippen molar-refractivity contribution in [3.63, 3.8) is 0 Å². The maximum atomic E-state index is 12.7. The van der Waals surface area contributed by atoms with Crippen LogP contribution in [0.25, 0.3) is 10.9 Å². The number of hydrogen-bond acceptors (Lipinski definition) is 4. The zero-order chi connectivity index (χ0) is 19.4. The molecule has 3 N–H and O–H groups in total. The van der Waals surface area contributed by atoms with Gasteiger partial charge in [0.05, 0.1) is 11.7 Å². The Bertz CT molecular complexity index is 1000. The van der Waals surface area contributed by atoms with E-state index in [1.165, 1.54) is 6.20 Å². The highest BCUT2D eigenvalue weighted by Gasteiger charge is 2.29. The normalized spacial score (nSPS) is 11.8. The maximum Gasteiger partial charge on any atom is 0.268 e. The highest BCUT2D eigenvalue weighted by Crippen LogP contribution is 2.18. The first-order valence-electron chi connectivity index (χ1n) is 8.31. The predicted octanol–water partition coefficient (Wildman–Crippen LogP) is 2.33. The molecule has 0 radical (unpaired) electrons. The number of halogens is 1. The van der Waals surface area contributed by atoms with Crippen molar-refractivity contribution in [1.82, 2.24) is 20.6 Å². The first kappa shape index (κ1) is 18.6. The molecule has 1 unspecified atom stereocenters. The van der Waals surface area contributed by atoms with E-state index < -0.39 is 23.6 Å². The summed E-state index contributed by atoms with van der Waals surface area (Å²) in [5, 5.41) is 6.08. The number of hydrogen-bond donors (Lipinski definition) is 3. The van der Waals surface area contributed by atoms with Crippen molar-refractivity contribution in [1.29, 1.82) is 0 Å². The molecule has 0 aliphatic rings. The summed E-state index contributed by atoms with van der Waals surface area (Å²) in [6.45, 7) is 2.07. The molecule has 2 aromatic heterocycles. The van der Waals surface area contributed by atoms with Crippen LogP contribution < -0.4 is 10.6 Å². The molecule has 3 aromatic rings. The van der Waals surface area contributed by atoms with Crippen molar-refractivity contribution >= 4 is 40.1 Å². The van der Waals surface area contributed by atoms with Gasteiger partial charge in [0.2, 0.25) is 0 Å². The molecule has 2 heterocycles. The third-order valence-electron chi connectivity index (χ3n) is 3.93. The minimum atomic E-state index is -1.34. The number of carbonyl (C=O) groups excluding carboxylic acids is 3. The van der Waals surface area contributed by atoms with Crippen LogP contribution in [0.2, 0.25) is 5.15 Å². The molecular weight excluding hydrogens is 368 g/mol. The van der Waals surface area contributed by atoms with E-state index in [2.05, 4.69) is 20.6 Å². The number of nitrogens with one attached hydrogen (secondary N) is 3. The molecule has 0 bridgehead atoms. The Morgan fingerprint density at radius 1 is 1.19 bits per heavy atom. The summed E-state index contributed by atoms with van der Waals surface area (Å²) in [6, 6.07) is 10.2. The van der Waals surface area contributed by atoms with Gasteiger partial charge < -0.3 is 15.6 Å². The lowest BCUT2D eigenvalue weighted by Crippen LogP contribution is -2.51. The Morgan fingerprint density at radius 2 is 1.93 bits per heavy atom. The third kappa shape index (κ3) is 4.15. The first-order chi connectivity index (χ1) is 13.0. The second kappa shape index (κ2) is 8.01. The number of aromatic nitrogens is 2. The van der Waals surface area contributed by atoms with Gasteiger partial charge in [-0.25, -0.2) is 4.98 Å². The molecule has 1 atom stereocenters.